The second kappa shape index (κ2) is 4.47. The van der Waals surface area contributed by atoms with E-state index in [0.29, 0.717) is 25.4 Å². The van der Waals surface area contributed by atoms with Crippen LogP contribution in [0.2, 0.25) is 5.02 Å². The van der Waals surface area contributed by atoms with Crippen molar-refractivity contribution in [1.29, 1.82) is 0 Å². The molecule has 0 fully saturated rings. The van der Waals surface area contributed by atoms with E-state index >= 15 is 0 Å². The fourth-order valence-electron chi connectivity index (χ4n) is 1.65. The molecule has 0 bridgehead atoms. The Kier molecular flexibility index (Phi) is 3.21. The van der Waals surface area contributed by atoms with Gasteiger partial charge in [-0.2, -0.15) is 0 Å². The van der Waals surface area contributed by atoms with Gasteiger partial charge >= 0.3 is 0 Å². The molecule has 0 saturated heterocycles. The smallest absolute Gasteiger partial charge is 0.169 e. The van der Waals surface area contributed by atoms with Gasteiger partial charge in [0.1, 0.15) is 0 Å². The van der Waals surface area contributed by atoms with Crippen LogP contribution in [0.25, 0.3) is 0 Å². The molecule has 1 atom stereocenters. The van der Waals surface area contributed by atoms with Crippen molar-refractivity contribution in [3.63, 3.8) is 0 Å². The average molecular weight is 247 g/mol. The Bertz CT molecular complexity index is 407. The van der Waals surface area contributed by atoms with Crippen molar-refractivity contribution in [2.24, 2.45) is 0 Å². The molecule has 1 heterocycles. The lowest BCUT2D eigenvalue weighted by Crippen LogP contribution is -2.04. The van der Waals surface area contributed by atoms with E-state index in [1.807, 2.05) is 0 Å². The van der Waals surface area contributed by atoms with E-state index in [2.05, 4.69) is 0 Å². The fourth-order valence-corrected chi connectivity index (χ4v) is 1.85. The van der Waals surface area contributed by atoms with E-state index in [4.69, 9.17) is 21.1 Å². The van der Waals surface area contributed by atoms with Gasteiger partial charge in [0.05, 0.1) is 29.9 Å². The van der Waals surface area contributed by atoms with Gasteiger partial charge in [0.15, 0.2) is 17.3 Å². The van der Waals surface area contributed by atoms with Crippen LogP contribution in [-0.4, -0.2) is 18.3 Å². The summed E-state index contributed by atoms with van der Waals surface area (Å²) in [6.07, 6.45) is -0.276. The van der Waals surface area contributed by atoms with Crippen molar-refractivity contribution in [1.82, 2.24) is 0 Å². The van der Waals surface area contributed by atoms with Gasteiger partial charge in [-0.3, -0.25) is 0 Å². The van der Waals surface area contributed by atoms with E-state index in [9.17, 15) is 9.50 Å². The van der Waals surface area contributed by atoms with Crippen LogP contribution in [0.4, 0.5) is 4.39 Å². The summed E-state index contributed by atoms with van der Waals surface area (Å²) in [5.41, 5.74) is 0.0596. The minimum atomic E-state index is -0.992. The summed E-state index contributed by atoms with van der Waals surface area (Å²) >= 11 is 5.73. The van der Waals surface area contributed by atoms with Crippen molar-refractivity contribution in [3.8, 4) is 11.5 Å². The Balaban J connectivity index is 2.60. The molecule has 0 saturated carbocycles. The summed E-state index contributed by atoms with van der Waals surface area (Å²) in [5, 5.41) is 9.47. The molecule has 3 nitrogen and oxygen atoms in total. The fraction of sp³-hybridized carbons (Fsp3) is 0.455. The molecule has 1 unspecified atom stereocenters. The highest BCUT2D eigenvalue weighted by atomic mass is 35.5. The first-order valence-electron chi connectivity index (χ1n) is 5.07. The predicted octanol–water partition coefficient (Wildman–Crippen LogP) is 2.69. The van der Waals surface area contributed by atoms with Crippen molar-refractivity contribution in [2.45, 2.75) is 19.4 Å². The molecule has 2 rings (SSSR count). The normalized spacial score (nSPS) is 16.8. The topological polar surface area (TPSA) is 38.7 Å². The van der Waals surface area contributed by atoms with Gasteiger partial charge in [0.2, 0.25) is 0 Å². The van der Waals surface area contributed by atoms with Crippen LogP contribution in [0.1, 0.15) is 25.0 Å². The first-order chi connectivity index (χ1) is 7.61. The molecule has 0 radical (unpaired) electrons. The maximum Gasteiger partial charge on any atom is 0.169 e. The number of hydrogen-bond donors (Lipinski definition) is 1. The van der Waals surface area contributed by atoms with E-state index in [1.165, 1.54) is 13.0 Å². The van der Waals surface area contributed by atoms with Crippen molar-refractivity contribution in [3.05, 3.63) is 22.5 Å². The van der Waals surface area contributed by atoms with Gasteiger partial charge in [-0.05, 0) is 6.92 Å². The third-order valence-electron chi connectivity index (χ3n) is 2.38. The molecule has 1 aromatic carbocycles. The average Bonchev–Trinajstić information content (AvgIpc) is 2.44. The molecule has 1 N–H and O–H groups in total. The van der Waals surface area contributed by atoms with Gasteiger partial charge in [0.25, 0.3) is 0 Å². The second-order valence-corrected chi connectivity index (χ2v) is 4.05. The van der Waals surface area contributed by atoms with E-state index in [0.717, 1.165) is 0 Å². The highest BCUT2D eigenvalue weighted by Crippen LogP contribution is 2.41. The van der Waals surface area contributed by atoms with Crippen LogP contribution in [-0.2, 0) is 0 Å². The van der Waals surface area contributed by atoms with Gasteiger partial charge in [-0.15, -0.1) is 0 Å². The number of ether oxygens (including phenoxy) is 2. The summed E-state index contributed by atoms with van der Waals surface area (Å²) in [7, 11) is 0. The zero-order chi connectivity index (χ0) is 11.7. The van der Waals surface area contributed by atoms with Crippen molar-refractivity contribution >= 4 is 11.6 Å². The molecule has 1 aliphatic rings. The van der Waals surface area contributed by atoms with Crippen LogP contribution in [0.3, 0.4) is 0 Å². The molecule has 1 aliphatic heterocycles. The summed E-state index contributed by atoms with van der Waals surface area (Å²) in [5.74, 6) is -0.00452. The quantitative estimate of drug-likeness (QED) is 0.828. The van der Waals surface area contributed by atoms with Crippen LogP contribution in [0.15, 0.2) is 6.07 Å². The summed E-state index contributed by atoms with van der Waals surface area (Å²) in [4.78, 5) is 0. The highest BCUT2D eigenvalue weighted by Gasteiger charge is 2.24. The van der Waals surface area contributed by atoms with Crippen LogP contribution in [0, 0.1) is 5.82 Å². The Hall–Kier alpha value is -1.00. The van der Waals surface area contributed by atoms with E-state index in [1.54, 1.807) is 0 Å². The first kappa shape index (κ1) is 11.5. The maximum atomic E-state index is 13.7. The largest absolute Gasteiger partial charge is 0.489 e. The van der Waals surface area contributed by atoms with Gasteiger partial charge in [-0.1, -0.05) is 11.6 Å². The summed E-state index contributed by atoms with van der Waals surface area (Å²) in [6.45, 7) is 2.39. The van der Waals surface area contributed by atoms with Crippen molar-refractivity contribution in [2.75, 3.05) is 13.2 Å². The zero-order valence-corrected chi connectivity index (χ0v) is 9.55. The van der Waals surface area contributed by atoms with Gasteiger partial charge in [-0.25, -0.2) is 4.39 Å². The SMILES string of the molecule is CC(O)c1c(F)c(Cl)cc2c1OCCCO2. The molecule has 0 spiro atoms. The lowest BCUT2D eigenvalue weighted by Gasteiger charge is -2.16. The zero-order valence-electron chi connectivity index (χ0n) is 8.80. The van der Waals surface area contributed by atoms with Gasteiger partial charge < -0.3 is 14.6 Å². The molecule has 5 heteroatoms. The number of aliphatic hydroxyl groups excluding tert-OH is 1. The number of halogens is 2. The standard InChI is InChI=1S/C11H12ClFO3/c1-6(14)9-10(13)7(12)5-8-11(9)16-4-2-3-15-8/h5-6,14H,2-4H2,1H3. The first-order valence-corrected chi connectivity index (χ1v) is 5.44. The molecule has 0 aromatic heterocycles. The maximum absolute atomic E-state index is 13.7. The highest BCUT2D eigenvalue weighted by molar-refractivity contribution is 6.31. The number of benzene rings is 1. The second-order valence-electron chi connectivity index (χ2n) is 3.64. The van der Waals surface area contributed by atoms with Crippen LogP contribution >= 0.6 is 11.6 Å². The molecule has 0 aliphatic carbocycles. The third kappa shape index (κ3) is 1.95. The van der Waals surface area contributed by atoms with Crippen LogP contribution in [0.5, 0.6) is 11.5 Å². The van der Waals surface area contributed by atoms with Crippen LogP contribution < -0.4 is 9.47 Å². The Morgan fingerprint density at radius 2 is 2.12 bits per heavy atom. The lowest BCUT2D eigenvalue weighted by molar-refractivity contribution is 0.186. The van der Waals surface area contributed by atoms with E-state index < -0.39 is 11.9 Å². The third-order valence-corrected chi connectivity index (χ3v) is 2.66. The minimum absolute atomic E-state index is 0.0596. The number of aliphatic hydroxyl groups is 1. The monoisotopic (exact) mass is 246 g/mol. The van der Waals surface area contributed by atoms with Crippen molar-refractivity contribution < 1.29 is 19.0 Å². The van der Waals surface area contributed by atoms with Gasteiger partial charge in [0, 0.05) is 12.5 Å². The molecule has 16 heavy (non-hydrogen) atoms. The predicted molar refractivity (Wildman–Crippen MR) is 57.7 cm³/mol. The number of fused-ring (bicyclic) bond motifs is 1. The molecular weight excluding hydrogens is 235 g/mol. The molecule has 88 valence electrons. The number of rotatable bonds is 1. The molecule has 1 aromatic rings. The Morgan fingerprint density at radius 3 is 2.81 bits per heavy atom. The Labute approximate surface area is 97.7 Å². The Morgan fingerprint density at radius 1 is 1.44 bits per heavy atom. The van der Waals surface area contributed by atoms with E-state index in [-0.39, 0.29) is 16.3 Å². The minimum Gasteiger partial charge on any atom is -0.489 e. The molecule has 0 amide bonds. The lowest BCUT2D eigenvalue weighted by atomic mass is 10.1. The summed E-state index contributed by atoms with van der Waals surface area (Å²) < 4.78 is 24.5. The number of hydrogen-bond acceptors (Lipinski definition) is 3. The molecular formula is C11H12ClFO3. The summed E-state index contributed by atoms with van der Waals surface area (Å²) in [6, 6.07) is 1.38.